The van der Waals surface area contributed by atoms with Gasteiger partial charge in [-0.15, -0.1) is 0 Å². The lowest BCUT2D eigenvalue weighted by atomic mass is 9.67. The summed E-state index contributed by atoms with van der Waals surface area (Å²) in [6.45, 7) is 0. The minimum atomic E-state index is -1.46. The standard InChI is InChI=1S/C35H25BO2/c37-36(38)29-21-16-25(17-22-29)24-14-19-28(20-15-24)35(27-9-2-1-3-10-27)32-13-7-6-12-31(32)34-30-11-5-4-8-26(30)18-23-33(34)35/h1-23,37-38H. The highest BCUT2D eigenvalue weighted by Gasteiger charge is 2.46. The van der Waals surface area contributed by atoms with Crippen molar-refractivity contribution in [3.8, 4) is 22.3 Å². The van der Waals surface area contributed by atoms with Gasteiger partial charge in [-0.1, -0.05) is 140 Å². The Morgan fingerprint density at radius 3 is 1.82 bits per heavy atom. The van der Waals surface area contributed by atoms with E-state index in [9.17, 15) is 10.0 Å². The Balaban J connectivity index is 1.49. The first kappa shape index (κ1) is 22.7. The quantitative estimate of drug-likeness (QED) is 0.276. The number of hydrogen-bond acceptors (Lipinski definition) is 2. The molecule has 0 aromatic heterocycles. The second-order valence-electron chi connectivity index (χ2n) is 9.94. The van der Waals surface area contributed by atoms with Gasteiger partial charge in [-0.2, -0.15) is 0 Å². The van der Waals surface area contributed by atoms with Crippen molar-refractivity contribution in [2.24, 2.45) is 0 Å². The second-order valence-corrected chi connectivity index (χ2v) is 9.94. The molecule has 0 aliphatic heterocycles. The molecule has 0 fully saturated rings. The van der Waals surface area contributed by atoms with E-state index >= 15 is 0 Å². The van der Waals surface area contributed by atoms with Crippen LogP contribution >= 0.6 is 0 Å². The van der Waals surface area contributed by atoms with E-state index in [1.54, 1.807) is 12.1 Å². The summed E-state index contributed by atoms with van der Waals surface area (Å²) < 4.78 is 0. The van der Waals surface area contributed by atoms with Crippen molar-refractivity contribution in [1.29, 1.82) is 0 Å². The minimum Gasteiger partial charge on any atom is -0.423 e. The van der Waals surface area contributed by atoms with Crippen molar-refractivity contribution in [2.75, 3.05) is 0 Å². The van der Waals surface area contributed by atoms with E-state index in [0.717, 1.165) is 11.1 Å². The maximum Gasteiger partial charge on any atom is 0.488 e. The zero-order valence-electron chi connectivity index (χ0n) is 20.8. The largest absolute Gasteiger partial charge is 0.488 e. The Morgan fingerprint density at radius 1 is 0.474 bits per heavy atom. The Labute approximate surface area is 222 Å². The molecule has 0 radical (unpaired) electrons. The minimum absolute atomic E-state index is 0.444. The summed E-state index contributed by atoms with van der Waals surface area (Å²) in [7, 11) is -1.46. The van der Waals surface area contributed by atoms with Crippen LogP contribution in [0.2, 0.25) is 0 Å². The van der Waals surface area contributed by atoms with Gasteiger partial charge in [-0.3, -0.25) is 0 Å². The monoisotopic (exact) mass is 488 g/mol. The van der Waals surface area contributed by atoms with Crippen molar-refractivity contribution >= 4 is 23.4 Å². The molecule has 0 bridgehead atoms. The topological polar surface area (TPSA) is 40.5 Å². The highest BCUT2D eigenvalue weighted by Crippen LogP contribution is 2.57. The molecule has 1 atom stereocenters. The van der Waals surface area contributed by atoms with Crippen LogP contribution in [0.5, 0.6) is 0 Å². The molecule has 6 aromatic rings. The highest BCUT2D eigenvalue weighted by molar-refractivity contribution is 6.58. The second kappa shape index (κ2) is 8.85. The normalized spacial score (nSPS) is 15.7. The smallest absolute Gasteiger partial charge is 0.423 e. The van der Waals surface area contributed by atoms with E-state index in [4.69, 9.17) is 0 Å². The highest BCUT2D eigenvalue weighted by atomic mass is 16.4. The predicted molar refractivity (Wildman–Crippen MR) is 157 cm³/mol. The van der Waals surface area contributed by atoms with Crippen molar-refractivity contribution in [3.63, 3.8) is 0 Å². The maximum atomic E-state index is 9.46. The number of benzene rings is 6. The summed E-state index contributed by atoms with van der Waals surface area (Å²) in [5.41, 5.74) is 9.82. The van der Waals surface area contributed by atoms with E-state index in [-0.39, 0.29) is 0 Å². The number of rotatable bonds is 4. The van der Waals surface area contributed by atoms with Crippen LogP contribution in [0.25, 0.3) is 33.0 Å². The van der Waals surface area contributed by atoms with Gasteiger partial charge in [0.05, 0.1) is 5.41 Å². The molecule has 1 aliphatic rings. The summed E-state index contributed by atoms with van der Waals surface area (Å²) in [6.07, 6.45) is 0. The molecule has 1 unspecified atom stereocenters. The lowest BCUT2D eigenvalue weighted by Crippen LogP contribution is -2.29. The van der Waals surface area contributed by atoms with Crippen LogP contribution in [0.15, 0.2) is 140 Å². The molecule has 0 heterocycles. The zero-order valence-corrected chi connectivity index (χ0v) is 20.8. The molecule has 38 heavy (non-hydrogen) atoms. The van der Waals surface area contributed by atoms with Gasteiger partial charge in [-0.05, 0) is 60.7 Å². The van der Waals surface area contributed by atoms with Gasteiger partial charge in [-0.25, -0.2) is 0 Å². The molecule has 0 saturated carbocycles. The number of hydrogen-bond donors (Lipinski definition) is 2. The molecule has 2 nitrogen and oxygen atoms in total. The summed E-state index contributed by atoms with van der Waals surface area (Å²) >= 11 is 0. The van der Waals surface area contributed by atoms with Gasteiger partial charge in [0.25, 0.3) is 0 Å². The molecule has 6 aromatic carbocycles. The van der Waals surface area contributed by atoms with Crippen molar-refractivity contribution in [3.05, 3.63) is 162 Å². The third-order valence-corrected chi connectivity index (χ3v) is 8.00. The molecule has 0 spiro atoms. The molecule has 2 N–H and O–H groups in total. The Bertz CT molecular complexity index is 1770. The molecule has 7 rings (SSSR count). The van der Waals surface area contributed by atoms with Crippen molar-refractivity contribution in [1.82, 2.24) is 0 Å². The Hall–Kier alpha value is -4.44. The number of fused-ring (bicyclic) bond motifs is 5. The summed E-state index contributed by atoms with van der Waals surface area (Å²) in [6, 6.07) is 49.1. The van der Waals surface area contributed by atoms with Gasteiger partial charge in [0.2, 0.25) is 0 Å². The van der Waals surface area contributed by atoms with E-state index < -0.39 is 12.5 Å². The Kier molecular flexibility index (Phi) is 5.29. The van der Waals surface area contributed by atoms with Crippen LogP contribution in [-0.4, -0.2) is 17.2 Å². The fourth-order valence-electron chi connectivity index (χ4n) is 6.28. The van der Waals surface area contributed by atoms with Gasteiger partial charge >= 0.3 is 7.12 Å². The van der Waals surface area contributed by atoms with Crippen LogP contribution in [0, 0.1) is 0 Å². The van der Waals surface area contributed by atoms with Crippen LogP contribution in [0.1, 0.15) is 22.3 Å². The maximum absolute atomic E-state index is 9.46. The fraction of sp³-hybridized carbons (Fsp3) is 0.0286. The predicted octanol–water partition coefficient (Wildman–Crippen LogP) is 6.55. The van der Waals surface area contributed by atoms with Gasteiger partial charge < -0.3 is 10.0 Å². The lowest BCUT2D eigenvalue weighted by Gasteiger charge is -2.34. The first-order chi connectivity index (χ1) is 18.7. The first-order valence-corrected chi connectivity index (χ1v) is 12.9. The summed E-state index contributed by atoms with van der Waals surface area (Å²) in [4.78, 5) is 0. The van der Waals surface area contributed by atoms with Crippen molar-refractivity contribution < 1.29 is 10.0 Å². The van der Waals surface area contributed by atoms with E-state index in [0.29, 0.717) is 5.46 Å². The van der Waals surface area contributed by atoms with Crippen LogP contribution in [0.3, 0.4) is 0 Å². The zero-order chi connectivity index (χ0) is 25.7. The molecule has 0 amide bonds. The van der Waals surface area contributed by atoms with Gasteiger partial charge in [0.15, 0.2) is 0 Å². The van der Waals surface area contributed by atoms with E-state index in [1.165, 1.54) is 44.2 Å². The van der Waals surface area contributed by atoms with E-state index in [2.05, 4.69) is 115 Å². The fourth-order valence-corrected chi connectivity index (χ4v) is 6.28. The van der Waals surface area contributed by atoms with Gasteiger partial charge in [0.1, 0.15) is 0 Å². The molecule has 0 saturated heterocycles. The van der Waals surface area contributed by atoms with Crippen LogP contribution < -0.4 is 5.46 Å². The molecule has 1 aliphatic carbocycles. The lowest BCUT2D eigenvalue weighted by molar-refractivity contribution is 0.426. The summed E-state index contributed by atoms with van der Waals surface area (Å²) in [5.74, 6) is 0. The summed E-state index contributed by atoms with van der Waals surface area (Å²) in [5, 5.41) is 21.4. The molecule has 180 valence electrons. The molecular weight excluding hydrogens is 463 g/mol. The van der Waals surface area contributed by atoms with Gasteiger partial charge in [0, 0.05) is 0 Å². The Morgan fingerprint density at radius 2 is 1.08 bits per heavy atom. The molecule has 3 heteroatoms. The van der Waals surface area contributed by atoms with Crippen LogP contribution in [0.4, 0.5) is 0 Å². The average Bonchev–Trinajstić information content (AvgIpc) is 3.29. The van der Waals surface area contributed by atoms with Crippen LogP contribution in [-0.2, 0) is 5.41 Å². The van der Waals surface area contributed by atoms with Crippen molar-refractivity contribution in [2.45, 2.75) is 5.41 Å². The molecular formula is C35H25BO2. The average molecular weight is 488 g/mol. The third-order valence-electron chi connectivity index (χ3n) is 8.00. The SMILES string of the molecule is OB(O)c1ccc(-c2ccc(C3(c4ccccc4)c4ccccc4-c4c3ccc3ccccc43)cc2)cc1. The third kappa shape index (κ3) is 3.30. The van der Waals surface area contributed by atoms with E-state index in [1.807, 2.05) is 12.1 Å². The first-order valence-electron chi connectivity index (χ1n) is 12.9.